The van der Waals surface area contributed by atoms with E-state index in [1.165, 1.54) is 40.1 Å². The quantitative estimate of drug-likeness (QED) is 0.614. The number of benzene rings is 1. The van der Waals surface area contributed by atoms with Crippen LogP contribution in [0.25, 0.3) is 11.3 Å². The third kappa shape index (κ3) is 3.66. The number of alkyl halides is 3. The van der Waals surface area contributed by atoms with Crippen molar-refractivity contribution in [3.05, 3.63) is 66.5 Å². The largest absolute Gasteiger partial charge is 0.488 e. The number of urea groups is 1. The zero-order valence-electron chi connectivity index (χ0n) is 15.9. The number of carbonyl (C=O) groups excluding carboxylic acids is 1. The first-order valence-corrected chi connectivity index (χ1v) is 9.12. The number of hydrogen-bond donors (Lipinski definition) is 0. The highest BCUT2D eigenvalue weighted by Gasteiger charge is 2.34. The number of fused-ring (bicyclic) bond motifs is 1. The number of pyridine rings is 2. The fraction of sp³-hybridized carbons (Fsp3) is 0.190. The summed E-state index contributed by atoms with van der Waals surface area (Å²) in [6.45, 7) is 0.474. The average molecular weight is 414 g/mol. The van der Waals surface area contributed by atoms with Gasteiger partial charge >= 0.3 is 12.2 Å². The molecule has 2 aromatic heterocycles. The van der Waals surface area contributed by atoms with Gasteiger partial charge in [0.25, 0.3) is 0 Å². The lowest BCUT2D eigenvalue weighted by Crippen LogP contribution is -2.45. The Hall–Kier alpha value is -3.62. The van der Waals surface area contributed by atoms with Gasteiger partial charge in [-0.05, 0) is 30.3 Å². The molecule has 30 heavy (non-hydrogen) atoms. The topological polar surface area (TPSA) is 58.6 Å². The van der Waals surface area contributed by atoms with Crippen molar-refractivity contribution < 1.29 is 22.7 Å². The van der Waals surface area contributed by atoms with Crippen molar-refractivity contribution in [3.63, 3.8) is 0 Å². The van der Waals surface area contributed by atoms with Crippen molar-refractivity contribution in [3.8, 4) is 17.0 Å². The molecule has 6 nitrogen and oxygen atoms in total. The molecular formula is C21H17F3N4O2. The van der Waals surface area contributed by atoms with E-state index >= 15 is 0 Å². The Morgan fingerprint density at radius 2 is 1.83 bits per heavy atom. The molecule has 0 saturated carbocycles. The predicted molar refractivity (Wildman–Crippen MR) is 106 cm³/mol. The molecule has 0 spiro atoms. The maximum atomic E-state index is 13.4. The first kappa shape index (κ1) is 19.7. The van der Waals surface area contributed by atoms with Crippen molar-refractivity contribution >= 4 is 17.5 Å². The van der Waals surface area contributed by atoms with E-state index in [1.54, 1.807) is 31.6 Å². The number of halogens is 3. The fourth-order valence-corrected chi connectivity index (χ4v) is 3.24. The van der Waals surface area contributed by atoms with Crippen LogP contribution < -0.4 is 14.5 Å². The summed E-state index contributed by atoms with van der Waals surface area (Å²) < 4.78 is 45.9. The number of amides is 2. The van der Waals surface area contributed by atoms with Crippen LogP contribution in [0.5, 0.6) is 5.75 Å². The summed E-state index contributed by atoms with van der Waals surface area (Å²) >= 11 is 0. The Kier molecular flexibility index (Phi) is 5.03. The zero-order chi connectivity index (χ0) is 21.3. The Balaban J connectivity index is 1.74. The maximum absolute atomic E-state index is 13.4. The number of rotatable bonds is 2. The van der Waals surface area contributed by atoms with Crippen LogP contribution in [0.3, 0.4) is 0 Å². The standard InChI is InChI=1S/C21H17F3N4O2/c1-27(14-8-10-25-11-9-14)20(29)28-12-13-30-18-7-6-17(26-19(18)28)15-4-2-3-5-16(15)21(22,23)24/h2-11H,12-13H2,1H3. The van der Waals surface area contributed by atoms with Crippen LogP contribution in [0, 0.1) is 0 Å². The van der Waals surface area contributed by atoms with Crippen LogP contribution in [0.2, 0.25) is 0 Å². The molecular weight excluding hydrogens is 397 g/mol. The lowest BCUT2D eigenvalue weighted by atomic mass is 10.0. The second kappa shape index (κ2) is 7.66. The lowest BCUT2D eigenvalue weighted by Gasteiger charge is -2.32. The number of aromatic nitrogens is 2. The van der Waals surface area contributed by atoms with E-state index in [0.29, 0.717) is 11.4 Å². The molecule has 3 aromatic rings. The van der Waals surface area contributed by atoms with E-state index in [2.05, 4.69) is 9.97 Å². The Labute approximate surface area is 170 Å². The van der Waals surface area contributed by atoms with Gasteiger partial charge in [0.15, 0.2) is 11.6 Å². The number of ether oxygens (including phenoxy) is 1. The minimum atomic E-state index is -4.53. The van der Waals surface area contributed by atoms with Crippen LogP contribution in [0.15, 0.2) is 60.9 Å². The van der Waals surface area contributed by atoms with Gasteiger partial charge in [0.2, 0.25) is 0 Å². The summed E-state index contributed by atoms with van der Waals surface area (Å²) in [5, 5.41) is 0. The minimum Gasteiger partial charge on any atom is -0.488 e. The second-order valence-electron chi connectivity index (χ2n) is 6.61. The van der Waals surface area contributed by atoms with Crippen LogP contribution >= 0.6 is 0 Å². The number of hydrogen-bond acceptors (Lipinski definition) is 4. The van der Waals surface area contributed by atoms with E-state index in [0.717, 1.165) is 6.07 Å². The highest BCUT2D eigenvalue weighted by molar-refractivity contribution is 6.03. The molecule has 3 heterocycles. The molecule has 9 heteroatoms. The van der Waals surface area contributed by atoms with Crippen LogP contribution in [-0.2, 0) is 6.18 Å². The Morgan fingerprint density at radius 1 is 1.10 bits per heavy atom. The molecule has 0 saturated heterocycles. The van der Waals surface area contributed by atoms with E-state index in [1.807, 2.05) is 0 Å². The Morgan fingerprint density at radius 3 is 2.57 bits per heavy atom. The number of carbonyl (C=O) groups is 1. The molecule has 154 valence electrons. The molecule has 0 unspecified atom stereocenters. The van der Waals surface area contributed by atoms with Gasteiger partial charge in [0.1, 0.15) is 6.61 Å². The highest BCUT2D eigenvalue weighted by Crippen LogP contribution is 2.39. The summed E-state index contributed by atoms with van der Waals surface area (Å²) in [4.78, 5) is 24.2. The molecule has 2 amide bonds. The molecule has 0 bridgehead atoms. The van der Waals surface area contributed by atoms with Crippen LogP contribution in [0.1, 0.15) is 5.56 Å². The van der Waals surface area contributed by atoms with Gasteiger partial charge in [0.05, 0.1) is 17.8 Å². The number of anilines is 2. The molecule has 0 N–H and O–H groups in total. The smallest absolute Gasteiger partial charge is 0.417 e. The molecule has 0 atom stereocenters. The third-order valence-corrected chi connectivity index (χ3v) is 4.74. The van der Waals surface area contributed by atoms with Gasteiger partial charge in [-0.25, -0.2) is 9.78 Å². The fourth-order valence-electron chi connectivity index (χ4n) is 3.24. The zero-order valence-corrected chi connectivity index (χ0v) is 15.9. The van der Waals surface area contributed by atoms with Gasteiger partial charge in [-0.1, -0.05) is 18.2 Å². The summed E-state index contributed by atoms with van der Waals surface area (Å²) in [5.41, 5.74) is -0.118. The van der Waals surface area contributed by atoms with E-state index in [-0.39, 0.29) is 36.3 Å². The summed E-state index contributed by atoms with van der Waals surface area (Å²) in [5.74, 6) is 0.521. The van der Waals surface area contributed by atoms with Crippen molar-refractivity contribution in [1.82, 2.24) is 9.97 Å². The molecule has 1 aromatic carbocycles. The van der Waals surface area contributed by atoms with Crippen LogP contribution in [0.4, 0.5) is 29.5 Å². The number of nitrogens with zero attached hydrogens (tertiary/aromatic N) is 4. The molecule has 4 rings (SSSR count). The van der Waals surface area contributed by atoms with Crippen molar-refractivity contribution in [2.24, 2.45) is 0 Å². The monoisotopic (exact) mass is 414 g/mol. The highest BCUT2D eigenvalue weighted by atomic mass is 19.4. The van der Waals surface area contributed by atoms with Crippen molar-refractivity contribution in [2.75, 3.05) is 30.0 Å². The molecule has 0 aliphatic carbocycles. The third-order valence-electron chi connectivity index (χ3n) is 4.74. The SMILES string of the molecule is CN(C(=O)N1CCOc2ccc(-c3ccccc3C(F)(F)F)nc21)c1ccncc1. The van der Waals surface area contributed by atoms with E-state index in [9.17, 15) is 18.0 Å². The van der Waals surface area contributed by atoms with Gasteiger partial charge < -0.3 is 4.74 Å². The van der Waals surface area contributed by atoms with Gasteiger partial charge in [-0.15, -0.1) is 0 Å². The predicted octanol–water partition coefficient (Wildman–Crippen LogP) is 4.62. The molecule has 0 radical (unpaired) electrons. The van der Waals surface area contributed by atoms with Crippen LogP contribution in [-0.4, -0.2) is 36.2 Å². The van der Waals surface area contributed by atoms with Gasteiger partial charge in [0, 0.05) is 30.7 Å². The lowest BCUT2D eigenvalue weighted by molar-refractivity contribution is -0.137. The Bertz CT molecular complexity index is 1070. The minimum absolute atomic E-state index is 0.0618. The first-order valence-electron chi connectivity index (χ1n) is 9.12. The maximum Gasteiger partial charge on any atom is 0.417 e. The van der Waals surface area contributed by atoms with Crippen molar-refractivity contribution in [2.45, 2.75) is 6.18 Å². The van der Waals surface area contributed by atoms with Gasteiger partial charge in [-0.2, -0.15) is 13.2 Å². The average Bonchev–Trinajstić information content (AvgIpc) is 2.77. The summed E-state index contributed by atoms with van der Waals surface area (Å²) in [6.07, 6.45) is -1.39. The molecule has 0 fully saturated rings. The molecule has 1 aliphatic heterocycles. The second-order valence-corrected chi connectivity index (χ2v) is 6.61. The normalized spacial score (nSPS) is 13.4. The van der Waals surface area contributed by atoms with Gasteiger partial charge in [-0.3, -0.25) is 14.8 Å². The molecule has 1 aliphatic rings. The first-order chi connectivity index (χ1) is 14.4. The summed E-state index contributed by atoms with van der Waals surface area (Å²) in [7, 11) is 1.61. The van der Waals surface area contributed by atoms with E-state index in [4.69, 9.17) is 4.74 Å². The van der Waals surface area contributed by atoms with Crippen molar-refractivity contribution in [1.29, 1.82) is 0 Å². The van der Waals surface area contributed by atoms with E-state index < -0.39 is 11.7 Å². The summed E-state index contributed by atoms with van der Waals surface area (Å²) in [6, 6.07) is 11.2.